The maximum absolute atomic E-state index is 8.47. The summed E-state index contributed by atoms with van der Waals surface area (Å²) in [6.07, 6.45) is 1.61. The summed E-state index contributed by atoms with van der Waals surface area (Å²) in [6, 6.07) is 2.73. The van der Waals surface area contributed by atoms with Gasteiger partial charge in [-0.15, -0.1) is 0 Å². The first-order valence-corrected chi connectivity index (χ1v) is 4.82. The molecule has 3 nitrogen and oxygen atoms in total. The lowest BCUT2D eigenvalue weighted by molar-refractivity contribution is -0.00878. The lowest BCUT2D eigenvalue weighted by Gasteiger charge is -2.32. The SMILES string of the molecule is CC(C)(CCC#N)CNC1COC1. The Labute approximate surface area is 80.1 Å². The van der Waals surface area contributed by atoms with Crippen LogP contribution in [0.5, 0.6) is 0 Å². The number of nitriles is 1. The standard InChI is InChI=1S/C10H18N2O/c1-10(2,4-3-5-11)8-12-9-6-13-7-9/h9,12H,3-4,6-8H2,1-2H3. The third-order valence-electron chi connectivity index (χ3n) is 2.42. The van der Waals surface area contributed by atoms with E-state index in [9.17, 15) is 0 Å². The number of rotatable bonds is 5. The number of hydrogen-bond acceptors (Lipinski definition) is 3. The summed E-state index contributed by atoms with van der Waals surface area (Å²) < 4.78 is 5.07. The highest BCUT2D eigenvalue weighted by Gasteiger charge is 2.22. The molecular weight excluding hydrogens is 164 g/mol. The fourth-order valence-electron chi connectivity index (χ4n) is 1.26. The molecule has 1 aliphatic heterocycles. The van der Waals surface area contributed by atoms with Crippen LogP contribution in [0.1, 0.15) is 26.7 Å². The normalized spacial score (nSPS) is 17.9. The second-order valence-corrected chi connectivity index (χ2v) is 4.44. The maximum Gasteiger partial charge on any atom is 0.0643 e. The molecule has 0 aliphatic carbocycles. The van der Waals surface area contributed by atoms with E-state index in [4.69, 9.17) is 10.00 Å². The maximum atomic E-state index is 8.47. The first-order valence-electron chi connectivity index (χ1n) is 4.82. The number of hydrogen-bond donors (Lipinski definition) is 1. The Morgan fingerprint density at radius 3 is 2.69 bits per heavy atom. The molecule has 0 bridgehead atoms. The molecular formula is C10H18N2O. The second-order valence-electron chi connectivity index (χ2n) is 4.44. The fraction of sp³-hybridized carbons (Fsp3) is 0.900. The van der Waals surface area contributed by atoms with Gasteiger partial charge >= 0.3 is 0 Å². The zero-order chi connectivity index (χ0) is 9.73. The molecule has 0 aromatic heterocycles. The Kier molecular flexibility index (Phi) is 3.71. The average molecular weight is 182 g/mol. The van der Waals surface area contributed by atoms with E-state index in [1.54, 1.807) is 0 Å². The van der Waals surface area contributed by atoms with Crippen LogP contribution in [0, 0.1) is 16.7 Å². The minimum absolute atomic E-state index is 0.227. The summed E-state index contributed by atoms with van der Waals surface area (Å²) in [5, 5.41) is 11.9. The summed E-state index contributed by atoms with van der Waals surface area (Å²) in [5.74, 6) is 0. The van der Waals surface area contributed by atoms with E-state index in [1.807, 2.05) is 0 Å². The number of ether oxygens (including phenoxy) is 1. The molecule has 0 atom stereocenters. The van der Waals surface area contributed by atoms with Crippen LogP contribution in [0.4, 0.5) is 0 Å². The Balaban J connectivity index is 2.13. The van der Waals surface area contributed by atoms with Gasteiger partial charge in [-0.05, 0) is 11.8 Å². The second kappa shape index (κ2) is 4.59. The molecule has 1 rings (SSSR count). The zero-order valence-electron chi connectivity index (χ0n) is 8.47. The largest absolute Gasteiger partial charge is 0.378 e. The van der Waals surface area contributed by atoms with E-state index in [2.05, 4.69) is 25.2 Å². The third-order valence-corrected chi connectivity index (χ3v) is 2.42. The molecule has 1 fully saturated rings. The molecule has 0 radical (unpaired) electrons. The van der Waals surface area contributed by atoms with Crippen LogP contribution in [-0.2, 0) is 4.74 Å². The van der Waals surface area contributed by atoms with E-state index in [0.29, 0.717) is 12.5 Å². The molecule has 1 aliphatic rings. The summed E-state index contributed by atoms with van der Waals surface area (Å²) >= 11 is 0. The molecule has 0 spiro atoms. The molecule has 74 valence electrons. The summed E-state index contributed by atoms with van der Waals surface area (Å²) in [4.78, 5) is 0. The minimum Gasteiger partial charge on any atom is -0.378 e. The number of nitrogens with zero attached hydrogens (tertiary/aromatic N) is 1. The Bertz CT molecular complexity index is 192. The van der Waals surface area contributed by atoms with Gasteiger partial charge in [-0.3, -0.25) is 0 Å². The topological polar surface area (TPSA) is 45.0 Å². The van der Waals surface area contributed by atoms with Crippen molar-refractivity contribution < 1.29 is 4.74 Å². The van der Waals surface area contributed by atoms with Crippen molar-refractivity contribution in [2.24, 2.45) is 5.41 Å². The quantitative estimate of drug-likeness (QED) is 0.697. The summed E-state index contributed by atoms with van der Waals surface area (Å²) in [7, 11) is 0. The van der Waals surface area contributed by atoms with Gasteiger partial charge in [0.15, 0.2) is 0 Å². The fourth-order valence-corrected chi connectivity index (χ4v) is 1.26. The van der Waals surface area contributed by atoms with Crippen molar-refractivity contribution in [1.82, 2.24) is 5.32 Å². The van der Waals surface area contributed by atoms with Crippen molar-refractivity contribution in [3.8, 4) is 6.07 Å². The zero-order valence-corrected chi connectivity index (χ0v) is 8.47. The van der Waals surface area contributed by atoms with Gasteiger partial charge in [0.2, 0.25) is 0 Å². The highest BCUT2D eigenvalue weighted by molar-refractivity contribution is 4.81. The van der Waals surface area contributed by atoms with Crippen molar-refractivity contribution in [1.29, 1.82) is 5.26 Å². The molecule has 3 heteroatoms. The van der Waals surface area contributed by atoms with Crippen LogP contribution in [-0.4, -0.2) is 25.8 Å². The van der Waals surface area contributed by atoms with Gasteiger partial charge in [0.25, 0.3) is 0 Å². The van der Waals surface area contributed by atoms with Gasteiger partial charge in [0.1, 0.15) is 0 Å². The van der Waals surface area contributed by atoms with E-state index in [0.717, 1.165) is 26.2 Å². The number of nitrogens with one attached hydrogen (secondary N) is 1. The predicted octanol–water partition coefficient (Wildman–Crippen LogP) is 1.30. The molecule has 0 aromatic rings. The predicted molar refractivity (Wildman–Crippen MR) is 51.2 cm³/mol. The van der Waals surface area contributed by atoms with Crippen molar-refractivity contribution in [2.75, 3.05) is 19.8 Å². The van der Waals surface area contributed by atoms with Crippen molar-refractivity contribution in [3.05, 3.63) is 0 Å². The lowest BCUT2D eigenvalue weighted by atomic mass is 9.87. The molecule has 0 amide bonds. The van der Waals surface area contributed by atoms with Crippen LogP contribution in [0.15, 0.2) is 0 Å². The molecule has 1 heterocycles. The smallest absolute Gasteiger partial charge is 0.0643 e. The van der Waals surface area contributed by atoms with E-state index in [-0.39, 0.29) is 5.41 Å². The highest BCUT2D eigenvalue weighted by Crippen LogP contribution is 2.21. The van der Waals surface area contributed by atoms with Crippen LogP contribution in [0.3, 0.4) is 0 Å². The van der Waals surface area contributed by atoms with Crippen LogP contribution in [0.25, 0.3) is 0 Å². The first-order chi connectivity index (χ1) is 6.14. The molecule has 0 unspecified atom stereocenters. The third kappa shape index (κ3) is 3.75. The van der Waals surface area contributed by atoms with E-state index >= 15 is 0 Å². The van der Waals surface area contributed by atoms with Crippen molar-refractivity contribution in [2.45, 2.75) is 32.7 Å². The average Bonchev–Trinajstić information content (AvgIpc) is 1.98. The monoisotopic (exact) mass is 182 g/mol. The molecule has 0 saturated carbocycles. The molecule has 1 N–H and O–H groups in total. The van der Waals surface area contributed by atoms with Gasteiger partial charge in [0, 0.05) is 13.0 Å². The van der Waals surface area contributed by atoms with Gasteiger partial charge in [-0.1, -0.05) is 13.8 Å². The van der Waals surface area contributed by atoms with E-state index in [1.165, 1.54) is 0 Å². The van der Waals surface area contributed by atoms with Crippen LogP contribution >= 0.6 is 0 Å². The van der Waals surface area contributed by atoms with Gasteiger partial charge in [-0.25, -0.2) is 0 Å². The Hall–Kier alpha value is -0.590. The highest BCUT2D eigenvalue weighted by atomic mass is 16.5. The van der Waals surface area contributed by atoms with Gasteiger partial charge in [0.05, 0.1) is 25.3 Å². The van der Waals surface area contributed by atoms with Crippen molar-refractivity contribution in [3.63, 3.8) is 0 Å². The molecule has 0 aromatic carbocycles. The van der Waals surface area contributed by atoms with Crippen molar-refractivity contribution >= 4 is 0 Å². The first kappa shape index (κ1) is 10.5. The van der Waals surface area contributed by atoms with Gasteiger partial charge in [-0.2, -0.15) is 5.26 Å². The molecule has 1 saturated heterocycles. The van der Waals surface area contributed by atoms with E-state index < -0.39 is 0 Å². The lowest BCUT2D eigenvalue weighted by Crippen LogP contribution is -2.48. The minimum atomic E-state index is 0.227. The van der Waals surface area contributed by atoms with Gasteiger partial charge < -0.3 is 10.1 Å². The Morgan fingerprint density at radius 2 is 2.23 bits per heavy atom. The molecule has 13 heavy (non-hydrogen) atoms. The summed E-state index contributed by atoms with van der Waals surface area (Å²) in [5.41, 5.74) is 0.227. The summed E-state index contributed by atoms with van der Waals surface area (Å²) in [6.45, 7) is 7.04. The van der Waals surface area contributed by atoms with Crippen LogP contribution < -0.4 is 5.32 Å². The van der Waals surface area contributed by atoms with Crippen LogP contribution in [0.2, 0.25) is 0 Å². The Morgan fingerprint density at radius 1 is 1.54 bits per heavy atom.